The van der Waals surface area contributed by atoms with Crippen LogP contribution in [0.15, 0.2) is 18.5 Å². The van der Waals surface area contributed by atoms with Gasteiger partial charge in [-0.15, -0.1) is 24.8 Å². The van der Waals surface area contributed by atoms with Crippen molar-refractivity contribution < 1.29 is 0 Å². The van der Waals surface area contributed by atoms with E-state index in [4.69, 9.17) is 0 Å². The average Bonchev–Trinajstić information content (AvgIpc) is 2.29. The van der Waals surface area contributed by atoms with E-state index in [1.54, 1.807) is 0 Å². The van der Waals surface area contributed by atoms with Gasteiger partial charge in [0.05, 0.1) is 17.6 Å². The Balaban J connectivity index is 0.000000845. The van der Waals surface area contributed by atoms with Gasteiger partial charge in [-0.1, -0.05) is 0 Å². The van der Waals surface area contributed by atoms with Crippen molar-refractivity contribution in [1.82, 2.24) is 4.98 Å². The molecule has 80 valence electrons. The van der Waals surface area contributed by atoms with Crippen molar-refractivity contribution in [2.24, 2.45) is 0 Å². The zero-order chi connectivity index (χ0) is 8.39. The predicted molar refractivity (Wildman–Crippen MR) is 65.1 cm³/mol. The van der Waals surface area contributed by atoms with E-state index in [1.807, 2.05) is 18.5 Å². The van der Waals surface area contributed by atoms with Crippen LogP contribution in [-0.4, -0.2) is 25.1 Å². The summed E-state index contributed by atoms with van der Waals surface area (Å²) in [6, 6.07) is 2.05. The highest BCUT2D eigenvalue weighted by molar-refractivity contribution is 5.85. The topological polar surface area (TPSA) is 28.2 Å². The zero-order valence-corrected chi connectivity index (χ0v) is 9.70. The molecule has 3 nitrogen and oxygen atoms in total. The number of anilines is 2. The van der Waals surface area contributed by atoms with Gasteiger partial charge in [0.15, 0.2) is 0 Å². The largest absolute Gasteiger partial charge is 0.382 e. The van der Waals surface area contributed by atoms with Crippen LogP contribution >= 0.6 is 24.8 Å². The van der Waals surface area contributed by atoms with E-state index >= 15 is 0 Å². The predicted octanol–water partition coefficient (Wildman–Crippen LogP) is 2.18. The van der Waals surface area contributed by atoms with Crippen LogP contribution in [0.3, 0.4) is 0 Å². The smallest absolute Gasteiger partial charge is 0.0764 e. The Kier molecular flexibility index (Phi) is 5.65. The van der Waals surface area contributed by atoms with Crippen LogP contribution in [0.5, 0.6) is 0 Å². The van der Waals surface area contributed by atoms with E-state index < -0.39 is 0 Å². The second kappa shape index (κ2) is 5.94. The van der Waals surface area contributed by atoms with E-state index in [-0.39, 0.29) is 24.8 Å². The Morgan fingerprint density at radius 1 is 1.43 bits per heavy atom. The van der Waals surface area contributed by atoms with Crippen molar-refractivity contribution in [2.75, 3.05) is 30.4 Å². The first-order chi connectivity index (χ1) is 5.88. The second-order valence-electron chi connectivity index (χ2n) is 3.09. The molecule has 0 saturated carbocycles. The second-order valence-corrected chi connectivity index (χ2v) is 3.09. The number of pyridine rings is 1. The Labute approximate surface area is 96.7 Å². The Morgan fingerprint density at radius 2 is 2.21 bits per heavy atom. The molecule has 1 aromatic heterocycles. The third kappa shape index (κ3) is 2.66. The van der Waals surface area contributed by atoms with Gasteiger partial charge in [0.1, 0.15) is 0 Å². The van der Waals surface area contributed by atoms with Crippen LogP contribution in [0.4, 0.5) is 11.4 Å². The molecule has 14 heavy (non-hydrogen) atoms. The van der Waals surface area contributed by atoms with Crippen LogP contribution in [-0.2, 0) is 0 Å². The van der Waals surface area contributed by atoms with Gasteiger partial charge in [-0.2, -0.15) is 0 Å². The molecule has 0 fully saturated rings. The molecule has 2 heterocycles. The number of hydrogen-bond acceptors (Lipinski definition) is 3. The van der Waals surface area contributed by atoms with Crippen LogP contribution in [0.2, 0.25) is 0 Å². The van der Waals surface area contributed by atoms with Crippen LogP contribution < -0.4 is 10.2 Å². The number of hydrogen-bond donors (Lipinski definition) is 1. The molecule has 1 N–H and O–H groups in total. The third-order valence-electron chi connectivity index (χ3n) is 2.20. The van der Waals surface area contributed by atoms with Gasteiger partial charge in [0.25, 0.3) is 0 Å². The first kappa shape index (κ1) is 13.3. The molecule has 0 aromatic carbocycles. The van der Waals surface area contributed by atoms with Crippen molar-refractivity contribution in [3.63, 3.8) is 0 Å². The normalized spacial score (nSPS) is 13.9. The fourth-order valence-electron chi connectivity index (χ4n) is 1.52. The molecule has 0 atom stereocenters. The molecule has 0 radical (unpaired) electrons. The molecule has 0 bridgehead atoms. The lowest BCUT2D eigenvalue weighted by molar-refractivity contribution is 0.837. The molecule has 0 amide bonds. The number of rotatable bonds is 0. The van der Waals surface area contributed by atoms with Gasteiger partial charge >= 0.3 is 0 Å². The fraction of sp³-hybridized carbons (Fsp3) is 0.444. The summed E-state index contributed by atoms with van der Waals surface area (Å²) in [7, 11) is 2.12. The van der Waals surface area contributed by atoms with Gasteiger partial charge in [0, 0.05) is 26.3 Å². The van der Waals surface area contributed by atoms with Crippen LogP contribution in [0.1, 0.15) is 6.42 Å². The lowest BCUT2D eigenvalue weighted by Crippen LogP contribution is -2.17. The average molecular weight is 236 g/mol. The maximum Gasteiger partial charge on any atom is 0.0764 e. The summed E-state index contributed by atoms with van der Waals surface area (Å²) in [4.78, 5) is 6.35. The van der Waals surface area contributed by atoms with E-state index in [2.05, 4.69) is 22.2 Å². The van der Waals surface area contributed by atoms with Gasteiger partial charge in [-0.05, 0) is 12.5 Å². The summed E-state index contributed by atoms with van der Waals surface area (Å²) in [5, 5.41) is 3.35. The molecule has 0 unspecified atom stereocenters. The molecule has 1 aliphatic heterocycles. The lowest BCUT2D eigenvalue weighted by Gasteiger charge is -2.17. The van der Waals surface area contributed by atoms with Gasteiger partial charge in [0.2, 0.25) is 0 Å². The van der Waals surface area contributed by atoms with E-state index in [0.29, 0.717) is 0 Å². The maximum atomic E-state index is 4.08. The number of halogens is 2. The van der Waals surface area contributed by atoms with Gasteiger partial charge in [-0.25, -0.2) is 0 Å². The molecule has 5 heteroatoms. The number of aromatic nitrogens is 1. The minimum absolute atomic E-state index is 0. The van der Waals surface area contributed by atoms with Crippen molar-refractivity contribution in [3.05, 3.63) is 18.5 Å². The molecule has 2 rings (SSSR count). The number of fused-ring (bicyclic) bond motifs is 1. The summed E-state index contributed by atoms with van der Waals surface area (Å²) < 4.78 is 0. The third-order valence-corrected chi connectivity index (χ3v) is 2.20. The van der Waals surface area contributed by atoms with E-state index in [0.717, 1.165) is 18.8 Å². The summed E-state index contributed by atoms with van der Waals surface area (Å²) in [5.41, 5.74) is 2.40. The maximum absolute atomic E-state index is 4.08. The monoisotopic (exact) mass is 235 g/mol. The molecule has 1 aromatic rings. The summed E-state index contributed by atoms with van der Waals surface area (Å²) in [5.74, 6) is 0. The van der Waals surface area contributed by atoms with E-state index in [9.17, 15) is 0 Å². The van der Waals surface area contributed by atoms with E-state index in [1.165, 1.54) is 12.1 Å². The van der Waals surface area contributed by atoms with Crippen molar-refractivity contribution in [3.8, 4) is 0 Å². The Hall–Kier alpha value is -0.670. The molecule has 0 aliphatic carbocycles. The molecule has 0 saturated heterocycles. The van der Waals surface area contributed by atoms with Gasteiger partial charge in [-0.3, -0.25) is 4.98 Å². The first-order valence-corrected chi connectivity index (χ1v) is 4.27. The summed E-state index contributed by atoms with van der Waals surface area (Å²) in [6.07, 6.45) is 4.91. The SMILES string of the molecule is CN1CCCNc2cnccc21.Cl.Cl. The highest BCUT2D eigenvalue weighted by Crippen LogP contribution is 2.25. The summed E-state index contributed by atoms with van der Waals surface area (Å²) in [6.45, 7) is 2.16. The van der Waals surface area contributed by atoms with Crippen molar-refractivity contribution in [1.29, 1.82) is 0 Å². The van der Waals surface area contributed by atoms with Crippen molar-refractivity contribution >= 4 is 36.2 Å². The standard InChI is InChI=1S/C9H13N3.2ClH/c1-12-6-2-4-11-8-7-10-5-3-9(8)12;;/h3,5,7,11H,2,4,6H2,1H3;2*1H. The molecular formula is C9H15Cl2N3. The molecule has 1 aliphatic rings. The Morgan fingerprint density at radius 3 is 3.00 bits per heavy atom. The van der Waals surface area contributed by atoms with Crippen molar-refractivity contribution in [2.45, 2.75) is 6.42 Å². The zero-order valence-electron chi connectivity index (χ0n) is 8.06. The molecule has 0 spiro atoms. The number of nitrogens with zero attached hydrogens (tertiary/aromatic N) is 2. The summed E-state index contributed by atoms with van der Waals surface area (Å²) >= 11 is 0. The van der Waals surface area contributed by atoms with Crippen LogP contribution in [0, 0.1) is 0 Å². The minimum Gasteiger partial charge on any atom is -0.382 e. The lowest BCUT2D eigenvalue weighted by atomic mass is 10.3. The molecular weight excluding hydrogens is 221 g/mol. The quantitative estimate of drug-likeness (QED) is 0.748. The first-order valence-electron chi connectivity index (χ1n) is 4.27. The van der Waals surface area contributed by atoms with Gasteiger partial charge < -0.3 is 10.2 Å². The highest BCUT2D eigenvalue weighted by atomic mass is 35.5. The Bertz CT molecular complexity index is 281. The fourth-order valence-corrected chi connectivity index (χ4v) is 1.52. The van der Waals surface area contributed by atoms with Crippen LogP contribution in [0.25, 0.3) is 0 Å². The number of nitrogens with one attached hydrogen (secondary N) is 1. The highest BCUT2D eigenvalue weighted by Gasteiger charge is 2.09. The minimum atomic E-state index is 0.